The van der Waals surface area contributed by atoms with E-state index in [1.165, 1.54) is 11.1 Å². The van der Waals surface area contributed by atoms with E-state index in [2.05, 4.69) is 41.3 Å². The molecule has 0 aliphatic heterocycles. The normalized spacial score (nSPS) is 11.1. The Balaban J connectivity index is 1.70. The van der Waals surface area contributed by atoms with Crippen LogP contribution < -0.4 is 0 Å². The van der Waals surface area contributed by atoms with E-state index in [4.69, 9.17) is 0 Å². The molecule has 2 aromatic heterocycles. The van der Waals surface area contributed by atoms with E-state index in [-0.39, 0.29) is 5.91 Å². The average molecular weight is 374 g/mol. The van der Waals surface area contributed by atoms with Gasteiger partial charge in [0.2, 0.25) is 5.91 Å². The van der Waals surface area contributed by atoms with Crippen LogP contribution in [0, 0.1) is 20.8 Å². The van der Waals surface area contributed by atoms with Crippen molar-refractivity contribution < 1.29 is 4.79 Å². The molecular formula is C23H26N4O. The number of hydrogen-bond donors (Lipinski definition) is 0. The molecule has 0 saturated carbocycles. The summed E-state index contributed by atoms with van der Waals surface area (Å²) in [7, 11) is 1.78. The number of pyridine rings is 1. The Kier molecular flexibility index (Phi) is 6.04. The maximum Gasteiger partial charge on any atom is 0.246 e. The van der Waals surface area contributed by atoms with Crippen molar-refractivity contribution in [3.05, 3.63) is 88.5 Å². The molecule has 1 amide bonds. The van der Waals surface area contributed by atoms with Crippen LogP contribution in [0.15, 0.2) is 54.7 Å². The van der Waals surface area contributed by atoms with Crippen molar-refractivity contribution in [2.75, 3.05) is 7.05 Å². The summed E-state index contributed by atoms with van der Waals surface area (Å²) in [4.78, 5) is 18.4. The highest BCUT2D eigenvalue weighted by molar-refractivity contribution is 5.91. The summed E-state index contributed by atoms with van der Waals surface area (Å²) in [6, 6.07) is 14.2. The van der Waals surface area contributed by atoms with Gasteiger partial charge in [-0.1, -0.05) is 35.9 Å². The van der Waals surface area contributed by atoms with Crippen molar-refractivity contribution in [2.24, 2.45) is 0 Å². The first-order chi connectivity index (χ1) is 13.4. The highest BCUT2D eigenvalue weighted by atomic mass is 16.2. The van der Waals surface area contributed by atoms with Crippen LogP contribution in [0.1, 0.15) is 33.8 Å². The number of nitrogens with zero attached hydrogens (tertiary/aromatic N) is 4. The van der Waals surface area contributed by atoms with Gasteiger partial charge in [0.05, 0.1) is 24.5 Å². The monoisotopic (exact) mass is 374 g/mol. The first kappa shape index (κ1) is 19.5. The lowest BCUT2D eigenvalue weighted by Crippen LogP contribution is -2.24. The predicted octanol–water partition coefficient (Wildman–Crippen LogP) is 3.92. The Hall–Kier alpha value is -3.21. The molecule has 0 spiro atoms. The minimum atomic E-state index is -0.0595. The number of carbonyl (C=O) groups excluding carboxylic acids is 1. The Morgan fingerprint density at radius 3 is 2.54 bits per heavy atom. The summed E-state index contributed by atoms with van der Waals surface area (Å²) in [6.07, 6.45) is 5.20. The van der Waals surface area contributed by atoms with Crippen LogP contribution in [0.3, 0.4) is 0 Å². The number of aromatic nitrogens is 3. The molecule has 2 heterocycles. The van der Waals surface area contributed by atoms with E-state index in [9.17, 15) is 4.79 Å². The number of benzene rings is 1. The van der Waals surface area contributed by atoms with E-state index in [0.717, 1.165) is 22.6 Å². The third kappa shape index (κ3) is 4.74. The SMILES string of the molecule is Cc1ccc(Cn2nc(C)c(/C=C/C(=O)N(C)Cc3ccccn3)c2C)cc1. The Morgan fingerprint density at radius 1 is 1.11 bits per heavy atom. The summed E-state index contributed by atoms with van der Waals surface area (Å²) in [5.41, 5.74) is 6.28. The zero-order valence-corrected chi connectivity index (χ0v) is 16.9. The summed E-state index contributed by atoms with van der Waals surface area (Å²) < 4.78 is 1.99. The molecule has 0 fully saturated rings. The van der Waals surface area contributed by atoms with Gasteiger partial charge in [0.15, 0.2) is 0 Å². The molecule has 3 rings (SSSR count). The minimum Gasteiger partial charge on any atom is -0.336 e. The first-order valence-electron chi connectivity index (χ1n) is 9.36. The second kappa shape index (κ2) is 8.65. The molecule has 0 radical (unpaired) electrons. The van der Waals surface area contributed by atoms with Crippen LogP contribution in [0.5, 0.6) is 0 Å². The van der Waals surface area contributed by atoms with Crippen LogP contribution in [-0.4, -0.2) is 32.6 Å². The molecule has 0 bridgehead atoms. The lowest BCUT2D eigenvalue weighted by Gasteiger charge is -2.14. The lowest BCUT2D eigenvalue weighted by atomic mass is 10.1. The number of carbonyl (C=O) groups is 1. The van der Waals surface area contributed by atoms with Crippen LogP contribution >= 0.6 is 0 Å². The fraction of sp³-hybridized carbons (Fsp3) is 0.261. The fourth-order valence-electron chi connectivity index (χ4n) is 3.07. The molecule has 0 aliphatic rings. The maximum atomic E-state index is 12.5. The fourth-order valence-corrected chi connectivity index (χ4v) is 3.07. The molecular weight excluding hydrogens is 348 g/mol. The van der Waals surface area contributed by atoms with E-state index >= 15 is 0 Å². The Bertz CT molecular complexity index is 972. The van der Waals surface area contributed by atoms with Gasteiger partial charge in [-0.15, -0.1) is 0 Å². The molecule has 0 saturated heterocycles. The molecule has 144 valence electrons. The van der Waals surface area contributed by atoms with Gasteiger partial charge in [-0.05, 0) is 44.5 Å². The van der Waals surface area contributed by atoms with Gasteiger partial charge in [-0.25, -0.2) is 0 Å². The second-order valence-corrected chi connectivity index (χ2v) is 7.08. The minimum absolute atomic E-state index is 0.0595. The lowest BCUT2D eigenvalue weighted by molar-refractivity contribution is -0.125. The van der Waals surface area contributed by atoms with Gasteiger partial charge in [-0.3, -0.25) is 14.5 Å². The molecule has 28 heavy (non-hydrogen) atoms. The van der Waals surface area contributed by atoms with Crippen molar-refractivity contribution in [2.45, 2.75) is 33.9 Å². The van der Waals surface area contributed by atoms with Gasteiger partial charge >= 0.3 is 0 Å². The average Bonchev–Trinajstić information content (AvgIpc) is 2.95. The van der Waals surface area contributed by atoms with E-state index in [1.807, 2.05) is 42.8 Å². The highest BCUT2D eigenvalue weighted by Gasteiger charge is 2.11. The van der Waals surface area contributed by atoms with Crippen molar-refractivity contribution in [3.8, 4) is 0 Å². The van der Waals surface area contributed by atoms with Gasteiger partial charge in [0.25, 0.3) is 0 Å². The number of rotatable bonds is 6. The first-order valence-corrected chi connectivity index (χ1v) is 9.36. The molecule has 1 aromatic carbocycles. The second-order valence-electron chi connectivity index (χ2n) is 7.08. The van der Waals surface area contributed by atoms with Gasteiger partial charge in [-0.2, -0.15) is 5.10 Å². The van der Waals surface area contributed by atoms with E-state index in [0.29, 0.717) is 13.1 Å². The number of likely N-dealkylation sites (N-methyl/N-ethyl adjacent to an activating group) is 1. The van der Waals surface area contributed by atoms with E-state index < -0.39 is 0 Å². The highest BCUT2D eigenvalue weighted by Crippen LogP contribution is 2.17. The molecule has 0 N–H and O–H groups in total. The summed E-state index contributed by atoms with van der Waals surface area (Å²) in [6.45, 7) is 7.29. The number of hydrogen-bond acceptors (Lipinski definition) is 3. The van der Waals surface area contributed by atoms with Crippen molar-refractivity contribution in [3.63, 3.8) is 0 Å². The predicted molar refractivity (Wildman–Crippen MR) is 112 cm³/mol. The molecule has 0 aliphatic carbocycles. The number of aryl methyl sites for hydroxylation is 2. The van der Waals surface area contributed by atoms with Gasteiger partial charge in [0.1, 0.15) is 0 Å². The molecule has 3 aromatic rings. The summed E-state index contributed by atoms with van der Waals surface area (Å²) in [5.74, 6) is -0.0595. The quantitative estimate of drug-likeness (QED) is 0.615. The third-order valence-electron chi connectivity index (χ3n) is 4.78. The molecule has 5 nitrogen and oxygen atoms in total. The van der Waals surface area contributed by atoms with Crippen molar-refractivity contribution in [1.82, 2.24) is 19.7 Å². The summed E-state index contributed by atoms with van der Waals surface area (Å²) in [5, 5.41) is 4.65. The maximum absolute atomic E-state index is 12.5. The van der Waals surface area contributed by atoms with E-state index in [1.54, 1.807) is 24.2 Å². The topological polar surface area (TPSA) is 51.0 Å². The molecule has 0 atom stereocenters. The van der Waals surface area contributed by atoms with Gasteiger partial charge in [0, 0.05) is 30.6 Å². The van der Waals surface area contributed by atoms with Crippen LogP contribution in [0.2, 0.25) is 0 Å². The van der Waals surface area contributed by atoms with Crippen LogP contribution in [0.4, 0.5) is 0 Å². The smallest absolute Gasteiger partial charge is 0.246 e. The summed E-state index contributed by atoms with van der Waals surface area (Å²) >= 11 is 0. The zero-order valence-electron chi connectivity index (χ0n) is 16.9. The third-order valence-corrected chi connectivity index (χ3v) is 4.78. The molecule has 0 unspecified atom stereocenters. The Morgan fingerprint density at radius 2 is 1.86 bits per heavy atom. The van der Waals surface area contributed by atoms with Crippen LogP contribution in [-0.2, 0) is 17.9 Å². The Labute approximate surface area is 166 Å². The largest absolute Gasteiger partial charge is 0.336 e. The zero-order chi connectivity index (χ0) is 20.1. The number of amides is 1. The standard InChI is InChI=1S/C23H26N4O/c1-17-8-10-20(11-9-17)15-27-19(3)22(18(2)25-27)12-13-23(28)26(4)16-21-7-5-6-14-24-21/h5-14H,15-16H2,1-4H3/b13-12+. The molecule has 5 heteroatoms. The van der Waals surface area contributed by atoms with Crippen LogP contribution in [0.25, 0.3) is 6.08 Å². The van der Waals surface area contributed by atoms with Gasteiger partial charge < -0.3 is 4.90 Å². The van der Waals surface area contributed by atoms with Crippen molar-refractivity contribution in [1.29, 1.82) is 0 Å². The van der Waals surface area contributed by atoms with Crippen molar-refractivity contribution >= 4 is 12.0 Å².